The number of fused-ring (bicyclic) bond motifs is 6. The van der Waals surface area contributed by atoms with Crippen molar-refractivity contribution in [2.45, 2.75) is 0 Å². The molecule has 9 heteroatoms. The van der Waals surface area contributed by atoms with E-state index in [1.165, 1.54) is 143 Å². The maximum Gasteiger partial charge on any atom is 0.141 e. The molecule has 0 aliphatic rings. The van der Waals surface area contributed by atoms with Crippen LogP contribution < -0.4 is 38.2 Å². The Morgan fingerprint density at radius 2 is 0.623 bits per heavy atom. The first-order chi connectivity index (χ1) is 33.7. The zero-order chi connectivity index (χ0) is 47.1. The van der Waals surface area contributed by atoms with Crippen LogP contribution in [0.15, 0.2) is 200 Å². The van der Waals surface area contributed by atoms with Gasteiger partial charge < -0.3 is 9.13 Å². The Kier molecular flexibility index (Phi) is 10.4. The van der Waals surface area contributed by atoms with Crippen molar-refractivity contribution < 1.29 is 0 Å². The van der Waals surface area contributed by atoms with Gasteiger partial charge in [0.25, 0.3) is 0 Å². The smallest absolute Gasteiger partial charge is 0.141 e. The van der Waals surface area contributed by atoms with Gasteiger partial charge in [-0.15, -0.1) is 5.46 Å². The molecule has 2 nitrogen and oxygen atoms in total. The third-order valence-corrected chi connectivity index (χ3v) is 15.4. The standard InChI is InChI=1S/C60H47B7N2/c61-52-49(53(62)57(66)59-50(52)51-54(63)55(64)56(65)58(67)60(51)69(59)44-24-12-22-40(31-44)36-17-8-3-9-18-36)42-26-28-48-46(33-42)45-32-41(38-20-10-19-37(29-38)34-13-4-1-5-14-34)25-27-47(45)68(48)43-23-11-21-39(30-43)35-15-6-2-7-16-35/h1-33H,61-67H2. The van der Waals surface area contributed by atoms with E-state index in [-0.39, 0.29) is 0 Å². The van der Waals surface area contributed by atoms with E-state index in [1.807, 2.05) is 0 Å². The minimum absolute atomic E-state index is 1.15. The summed E-state index contributed by atoms with van der Waals surface area (Å²) in [5, 5.41) is 5.18. The summed E-state index contributed by atoms with van der Waals surface area (Å²) in [5.74, 6) is 0. The molecule has 0 spiro atoms. The third-order valence-electron chi connectivity index (χ3n) is 15.4. The average Bonchev–Trinajstić information content (AvgIpc) is 3.94. The van der Waals surface area contributed by atoms with Crippen LogP contribution in [0.5, 0.6) is 0 Å². The predicted molar refractivity (Wildman–Crippen MR) is 320 cm³/mol. The van der Waals surface area contributed by atoms with Gasteiger partial charge in [-0.25, -0.2) is 0 Å². The van der Waals surface area contributed by atoms with E-state index in [0.29, 0.717) is 0 Å². The zero-order valence-corrected chi connectivity index (χ0v) is 40.4. The Morgan fingerprint density at radius 1 is 0.246 bits per heavy atom. The summed E-state index contributed by atoms with van der Waals surface area (Å²) < 4.78 is 5.05. The van der Waals surface area contributed by atoms with Crippen molar-refractivity contribution >= 4 is 137 Å². The van der Waals surface area contributed by atoms with E-state index < -0.39 is 0 Å². The second-order valence-electron chi connectivity index (χ2n) is 19.1. The summed E-state index contributed by atoms with van der Waals surface area (Å²) in [6.45, 7) is 0. The molecule has 0 radical (unpaired) electrons. The van der Waals surface area contributed by atoms with Crippen molar-refractivity contribution in [2.24, 2.45) is 0 Å². The van der Waals surface area contributed by atoms with Gasteiger partial charge >= 0.3 is 0 Å². The molecular weight excluding hydrogens is 824 g/mol. The van der Waals surface area contributed by atoms with Gasteiger partial charge in [0.1, 0.15) is 54.9 Å². The minimum Gasteiger partial charge on any atom is -0.310 e. The number of rotatable bonds is 7. The van der Waals surface area contributed by atoms with Crippen molar-refractivity contribution in [3.8, 4) is 67.0 Å². The first-order valence-electron chi connectivity index (χ1n) is 24.3. The fourth-order valence-corrected chi connectivity index (χ4v) is 11.5. The molecule has 0 atom stereocenters. The highest BCUT2D eigenvalue weighted by Crippen LogP contribution is 2.39. The second-order valence-corrected chi connectivity index (χ2v) is 19.1. The van der Waals surface area contributed by atoms with Gasteiger partial charge in [-0.3, -0.25) is 0 Å². The lowest BCUT2D eigenvalue weighted by Crippen LogP contribution is -2.48. The number of aromatic nitrogens is 2. The lowest BCUT2D eigenvalue weighted by atomic mass is 9.64. The molecule has 0 bridgehead atoms. The van der Waals surface area contributed by atoms with Crippen LogP contribution in [0.2, 0.25) is 0 Å². The van der Waals surface area contributed by atoms with Crippen molar-refractivity contribution in [1.82, 2.24) is 9.13 Å². The van der Waals surface area contributed by atoms with Crippen molar-refractivity contribution in [3.63, 3.8) is 0 Å². The summed E-state index contributed by atoms with van der Waals surface area (Å²) in [4.78, 5) is 0. The van der Waals surface area contributed by atoms with Crippen LogP contribution in [0, 0.1) is 0 Å². The van der Waals surface area contributed by atoms with Gasteiger partial charge in [-0.1, -0.05) is 178 Å². The summed E-state index contributed by atoms with van der Waals surface area (Å²) in [6, 6.07) is 73.5. The molecule has 2 aromatic heterocycles. The van der Waals surface area contributed by atoms with E-state index in [2.05, 4.69) is 264 Å². The van der Waals surface area contributed by atoms with E-state index in [1.54, 1.807) is 0 Å². The molecule has 12 rings (SSSR count). The van der Waals surface area contributed by atoms with Crippen molar-refractivity contribution in [1.29, 1.82) is 0 Å². The zero-order valence-electron chi connectivity index (χ0n) is 40.4. The SMILES string of the molecule is Bc1c(B)c(B)c2c(c1B)c1c(B)c(-c3ccc4c(c3)c3cc(-c5cccc(-c6ccccc6)c5)ccc3n4-c3cccc(-c4ccccc4)c3)c(B)c(B)c1n2-c1cccc(-c2ccccc2)c1. The highest BCUT2D eigenvalue weighted by Gasteiger charge is 2.25. The second kappa shape index (κ2) is 16.8. The minimum atomic E-state index is 1.15. The van der Waals surface area contributed by atoms with E-state index in [4.69, 9.17) is 0 Å². The Hall–Kier alpha value is -7.75. The van der Waals surface area contributed by atoms with Crippen molar-refractivity contribution in [3.05, 3.63) is 200 Å². The third kappa shape index (κ3) is 6.89. The fourth-order valence-electron chi connectivity index (χ4n) is 11.5. The van der Waals surface area contributed by atoms with Crippen LogP contribution in [0.4, 0.5) is 0 Å². The molecule has 0 N–H and O–H groups in total. The molecule has 0 aliphatic heterocycles. The lowest BCUT2D eigenvalue weighted by Gasteiger charge is -2.19. The molecule has 0 aliphatic carbocycles. The van der Waals surface area contributed by atoms with Gasteiger partial charge in [0.05, 0.1) is 11.0 Å². The number of hydrogen-bond donors (Lipinski definition) is 0. The first kappa shape index (κ1) is 42.6. The molecule has 0 unspecified atom stereocenters. The molecule has 0 fully saturated rings. The van der Waals surface area contributed by atoms with Gasteiger partial charge in [0, 0.05) is 38.6 Å². The van der Waals surface area contributed by atoms with E-state index >= 15 is 0 Å². The maximum absolute atomic E-state index is 2.58. The Bertz CT molecular complexity index is 4030. The van der Waals surface area contributed by atoms with Gasteiger partial charge in [0.15, 0.2) is 0 Å². The first-order valence-corrected chi connectivity index (χ1v) is 24.3. The summed E-state index contributed by atoms with van der Waals surface area (Å²) in [7, 11) is 16.3. The predicted octanol–water partition coefficient (Wildman–Crippen LogP) is 4.02. The summed E-state index contributed by atoms with van der Waals surface area (Å²) >= 11 is 0. The molecule has 2 heterocycles. The van der Waals surface area contributed by atoms with Crippen LogP contribution in [0.3, 0.4) is 0 Å². The van der Waals surface area contributed by atoms with Crippen LogP contribution in [0.25, 0.3) is 111 Å². The molecule has 10 aromatic carbocycles. The molecule has 0 saturated carbocycles. The number of nitrogens with zero attached hydrogens (tertiary/aromatic N) is 2. The Labute approximate surface area is 410 Å². The van der Waals surface area contributed by atoms with Gasteiger partial charge in [0.2, 0.25) is 0 Å². The van der Waals surface area contributed by atoms with E-state index in [9.17, 15) is 0 Å². The summed E-state index contributed by atoms with van der Waals surface area (Å²) in [6.07, 6.45) is 0. The van der Waals surface area contributed by atoms with Crippen LogP contribution in [-0.2, 0) is 0 Å². The normalized spacial score (nSPS) is 11.6. The molecule has 0 amide bonds. The molecule has 318 valence electrons. The Balaban J connectivity index is 1.11. The largest absolute Gasteiger partial charge is 0.310 e. The van der Waals surface area contributed by atoms with Crippen LogP contribution in [0.1, 0.15) is 0 Å². The van der Waals surface area contributed by atoms with Crippen LogP contribution >= 0.6 is 0 Å². The van der Waals surface area contributed by atoms with Crippen LogP contribution in [-0.4, -0.2) is 64.1 Å². The molecule has 69 heavy (non-hydrogen) atoms. The summed E-state index contributed by atoms with van der Waals surface area (Å²) in [5.41, 5.74) is 28.9. The molecular formula is C60H47B7N2. The Morgan fingerprint density at radius 3 is 1.16 bits per heavy atom. The van der Waals surface area contributed by atoms with E-state index in [0.717, 1.165) is 5.69 Å². The molecule has 0 saturated heterocycles. The van der Waals surface area contributed by atoms with Gasteiger partial charge in [-0.2, -0.15) is 0 Å². The quantitative estimate of drug-likeness (QED) is 0.215. The number of hydrogen-bond acceptors (Lipinski definition) is 0. The monoisotopic (exact) mass is 872 g/mol. The topological polar surface area (TPSA) is 9.86 Å². The fraction of sp³-hybridized carbons (Fsp3) is 0. The average molecular weight is 872 g/mol. The van der Waals surface area contributed by atoms with Gasteiger partial charge in [-0.05, 0) is 116 Å². The van der Waals surface area contributed by atoms with Crippen molar-refractivity contribution in [2.75, 3.05) is 0 Å². The highest BCUT2D eigenvalue weighted by atomic mass is 15.0. The number of benzene rings is 10. The highest BCUT2D eigenvalue weighted by molar-refractivity contribution is 6.69. The maximum atomic E-state index is 2.58. The molecule has 12 aromatic rings. The lowest BCUT2D eigenvalue weighted by molar-refractivity contribution is 1.18.